The highest BCUT2D eigenvalue weighted by Crippen LogP contribution is 2.48. The second-order valence-corrected chi connectivity index (χ2v) is 12.8. The highest BCUT2D eigenvalue weighted by Gasteiger charge is 2.46. The number of aromatic nitrogens is 2. The number of rotatable bonds is 9. The molecule has 2 unspecified atom stereocenters. The highest BCUT2D eigenvalue weighted by atomic mass is 16.6. The van der Waals surface area contributed by atoms with Crippen molar-refractivity contribution in [3.05, 3.63) is 119 Å². The zero-order chi connectivity index (χ0) is 32.3. The second kappa shape index (κ2) is 12.6. The van der Waals surface area contributed by atoms with E-state index in [-0.39, 0.29) is 17.9 Å². The molecule has 4 aromatic rings. The molecule has 9 heteroatoms. The summed E-state index contributed by atoms with van der Waals surface area (Å²) in [5, 5.41) is 4.69. The quantitative estimate of drug-likeness (QED) is 0.183. The number of esters is 2. The van der Waals surface area contributed by atoms with Gasteiger partial charge in [0.1, 0.15) is 23.3 Å². The van der Waals surface area contributed by atoms with Gasteiger partial charge in [-0.2, -0.15) is 5.10 Å². The third kappa shape index (κ3) is 6.85. The van der Waals surface area contributed by atoms with Crippen molar-refractivity contribution < 1.29 is 19.1 Å². The first kappa shape index (κ1) is 32.4. The molecule has 44 heavy (non-hydrogen) atoms. The van der Waals surface area contributed by atoms with Gasteiger partial charge in [-0.1, -0.05) is 91.0 Å². The van der Waals surface area contributed by atoms with Gasteiger partial charge in [0.15, 0.2) is 5.82 Å². The van der Waals surface area contributed by atoms with Crippen molar-refractivity contribution in [2.75, 3.05) is 5.73 Å². The number of benzene rings is 3. The Kier molecular flexibility index (Phi) is 9.32. The number of hydrogen-bond acceptors (Lipinski definition) is 8. The molecular formula is C35H43N5O4. The smallest absolute Gasteiger partial charge is 0.328 e. The summed E-state index contributed by atoms with van der Waals surface area (Å²) in [4.78, 5) is 26.7. The Balaban J connectivity index is 2.11. The minimum atomic E-state index is -1.30. The molecule has 0 aliphatic rings. The molecule has 3 aromatic carbocycles. The van der Waals surface area contributed by atoms with E-state index in [1.165, 1.54) is 0 Å². The van der Waals surface area contributed by atoms with E-state index in [9.17, 15) is 9.59 Å². The number of nitrogens with two attached hydrogens (primary N) is 3. The number of carbonyl (C=O) groups excluding carboxylic acids is 2. The van der Waals surface area contributed by atoms with Crippen molar-refractivity contribution in [1.29, 1.82) is 0 Å². The summed E-state index contributed by atoms with van der Waals surface area (Å²) < 4.78 is 12.9. The minimum absolute atomic E-state index is 0.0296. The average molecular weight is 598 g/mol. The minimum Gasteiger partial charge on any atom is -0.459 e. The average Bonchev–Trinajstić information content (AvgIpc) is 3.28. The van der Waals surface area contributed by atoms with Crippen LogP contribution in [0, 0.1) is 0 Å². The Morgan fingerprint density at radius 3 is 1.48 bits per heavy atom. The van der Waals surface area contributed by atoms with Gasteiger partial charge in [-0.15, -0.1) is 0 Å². The van der Waals surface area contributed by atoms with E-state index < -0.39 is 40.6 Å². The van der Waals surface area contributed by atoms with E-state index in [0.29, 0.717) is 5.69 Å². The van der Waals surface area contributed by atoms with Crippen LogP contribution in [0.2, 0.25) is 0 Å². The summed E-state index contributed by atoms with van der Waals surface area (Å²) in [7, 11) is 0. The Bertz CT molecular complexity index is 1480. The predicted molar refractivity (Wildman–Crippen MR) is 172 cm³/mol. The highest BCUT2D eigenvalue weighted by molar-refractivity contribution is 5.81. The molecule has 0 saturated carbocycles. The third-order valence-electron chi connectivity index (χ3n) is 7.04. The Labute approximate surface area is 259 Å². The van der Waals surface area contributed by atoms with Crippen molar-refractivity contribution in [2.45, 2.75) is 76.8 Å². The Hall–Kier alpha value is -4.47. The van der Waals surface area contributed by atoms with Crippen molar-refractivity contribution in [3.63, 3.8) is 0 Å². The molecule has 0 bridgehead atoms. The summed E-state index contributed by atoms with van der Waals surface area (Å²) in [5.74, 6) is -1.23. The molecule has 1 aromatic heterocycles. The number of nitrogens with zero attached hydrogens (tertiary/aromatic N) is 2. The van der Waals surface area contributed by atoms with Gasteiger partial charge in [0.2, 0.25) is 0 Å². The van der Waals surface area contributed by atoms with Crippen LogP contribution in [0.1, 0.15) is 75.5 Å². The summed E-state index contributed by atoms with van der Waals surface area (Å²) in [6.07, 6.45) is 0. The second-order valence-electron chi connectivity index (χ2n) is 12.8. The molecule has 1 heterocycles. The first-order valence-electron chi connectivity index (χ1n) is 14.6. The van der Waals surface area contributed by atoms with Crippen LogP contribution in [0.15, 0.2) is 91.0 Å². The zero-order valence-corrected chi connectivity index (χ0v) is 26.3. The molecule has 0 spiro atoms. The van der Waals surface area contributed by atoms with Crippen LogP contribution in [-0.4, -0.2) is 39.0 Å². The van der Waals surface area contributed by atoms with Crippen molar-refractivity contribution >= 4 is 17.8 Å². The molecular weight excluding hydrogens is 554 g/mol. The fourth-order valence-electron chi connectivity index (χ4n) is 5.42. The van der Waals surface area contributed by atoms with Crippen molar-refractivity contribution in [2.24, 2.45) is 11.5 Å². The van der Waals surface area contributed by atoms with Gasteiger partial charge in [0.05, 0.1) is 17.7 Å². The molecule has 232 valence electrons. The van der Waals surface area contributed by atoms with Gasteiger partial charge in [0, 0.05) is 5.56 Å². The van der Waals surface area contributed by atoms with E-state index in [2.05, 4.69) is 0 Å². The first-order chi connectivity index (χ1) is 20.6. The molecule has 0 saturated heterocycles. The molecule has 0 fully saturated rings. The van der Waals surface area contributed by atoms with Gasteiger partial charge < -0.3 is 26.7 Å². The van der Waals surface area contributed by atoms with Crippen LogP contribution < -0.4 is 17.2 Å². The van der Waals surface area contributed by atoms with Crippen LogP contribution in [0.25, 0.3) is 0 Å². The van der Waals surface area contributed by atoms with Crippen LogP contribution in [0.5, 0.6) is 0 Å². The number of hydrogen-bond donors (Lipinski definition) is 3. The molecule has 6 N–H and O–H groups in total. The largest absolute Gasteiger partial charge is 0.459 e. The lowest BCUT2D eigenvalue weighted by molar-refractivity contribution is -0.158. The molecule has 0 aliphatic heterocycles. The van der Waals surface area contributed by atoms with Gasteiger partial charge in [-0.25, -0.2) is 4.79 Å². The monoisotopic (exact) mass is 597 g/mol. The van der Waals surface area contributed by atoms with Crippen molar-refractivity contribution in [3.8, 4) is 0 Å². The zero-order valence-electron chi connectivity index (χ0n) is 26.3. The maximum absolute atomic E-state index is 13.6. The normalized spacial score (nSPS) is 13.6. The molecule has 0 aliphatic carbocycles. The van der Waals surface area contributed by atoms with E-state index in [0.717, 1.165) is 16.7 Å². The first-order valence-corrected chi connectivity index (χ1v) is 14.6. The molecule has 0 amide bonds. The van der Waals surface area contributed by atoms with E-state index >= 15 is 0 Å². The SMILES string of the molecule is CC(C)(C)OC(=O)C(N)Cn1nc(N)c(C(N)C(=O)OC(C)(C)C)c1C(c1ccccc1)(c1ccccc1)c1ccccc1. The Morgan fingerprint density at radius 2 is 1.09 bits per heavy atom. The summed E-state index contributed by atoms with van der Waals surface area (Å²) >= 11 is 0. The van der Waals surface area contributed by atoms with E-state index in [1.54, 1.807) is 46.2 Å². The van der Waals surface area contributed by atoms with Gasteiger partial charge in [-0.05, 0) is 58.2 Å². The molecule has 0 radical (unpaired) electrons. The molecule has 9 nitrogen and oxygen atoms in total. The van der Waals surface area contributed by atoms with E-state index in [1.807, 2.05) is 91.0 Å². The van der Waals surface area contributed by atoms with Crippen LogP contribution in [-0.2, 0) is 31.0 Å². The lowest BCUT2D eigenvalue weighted by Crippen LogP contribution is -2.43. The maximum Gasteiger partial charge on any atom is 0.328 e. The number of ether oxygens (including phenoxy) is 2. The maximum atomic E-state index is 13.6. The fourth-order valence-corrected chi connectivity index (χ4v) is 5.42. The van der Waals surface area contributed by atoms with Crippen LogP contribution in [0.3, 0.4) is 0 Å². The van der Waals surface area contributed by atoms with E-state index in [4.69, 9.17) is 31.8 Å². The van der Waals surface area contributed by atoms with Crippen LogP contribution in [0.4, 0.5) is 5.82 Å². The summed E-state index contributed by atoms with van der Waals surface area (Å²) in [6.45, 7) is 10.5. The number of carbonyl (C=O) groups is 2. The summed E-state index contributed by atoms with van der Waals surface area (Å²) in [6, 6.07) is 27.1. The Morgan fingerprint density at radius 1 is 0.705 bits per heavy atom. The third-order valence-corrected chi connectivity index (χ3v) is 7.04. The number of nitrogen functional groups attached to an aromatic ring is 1. The van der Waals surface area contributed by atoms with Crippen molar-refractivity contribution in [1.82, 2.24) is 9.78 Å². The number of anilines is 1. The van der Waals surface area contributed by atoms with Gasteiger partial charge in [0.25, 0.3) is 0 Å². The lowest BCUT2D eigenvalue weighted by atomic mass is 9.65. The van der Waals surface area contributed by atoms with Gasteiger partial charge in [-0.3, -0.25) is 9.48 Å². The fraction of sp³-hybridized carbons (Fsp3) is 0.343. The lowest BCUT2D eigenvalue weighted by Gasteiger charge is -2.38. The standard InChI is InChI=1S/C35H43N5O4/c1-33(2,3)43-31(41)26(36)22-40-29(27(30(38)39-40)28(37)32(42)44-34(4,5)6)35(23-16-10-7-11-17-23,24-18-12-8-13-19-24)25-20-14-9-15-21-25/h7-21,26,28H,22,36-37H2,1-6H3,(H2,38,39). The predicted octanol–water partition coefficient (Wildman–Crippen LogP) is 4.86. The molecule has 2 atom stereocenters. The van der Waals surface area contributed by atoms with Crippen LogP contribution >= 0.6 is 0 Å². The summed E-state index contributed by atoms with van der Waals surface area (Å²) in [5.41, 5.74) is 20.6. The molecule has 4 rings (SSSR count). The topological polar surface area (TPSA) is 148 Å². The van der Waals surface area contributed by atoms with Gasteiger partial charge >= 0.3 is 11.9 Å².